The number of carbonyl (C=O) groups is 2. The van der Waals surface area contributed by atoms with E-state index in [1.54, 1.807) is 0 Å². The van der Waals surface area contributed by atoms with Gasteiger partial charge >= 0.3 is 0 Å². The highest BCUT2D eigenvalue weighted by molar-refractivity contribution is 5.91. The molecule has 62 valence electrons. The maximum atomic E-state index is 10.6. The van der Waals surface area contributed by atoms with Gasteiger partial charge in [0.1, 0.15) is 0 Å². The smallest absolute Gasteiger partial charge is 0.238 e. The van der Waals surface area contributed by atoms with Crippen molar-refractivity contribution in [1.82, 2.24) is 20.4 Å². The van der Waals surface area contributed by atoms with Crippen LogP contribution in [0.4, 0.5) is 0 Å². The number of hydrogen-bond acceptors (Lipinski definition) is 6. The van der Waals surface area contributed by atoms with Crippen LogP contribution in [0.25, 0.3) is 0 Å². The summed E-state index contributed by atoms with van der Waals surface area (Å²) >= 11 is 0. The third kappa shape index (κ3) is 1.66. The fourth-order valence-corrected chi connectivity index (χ4v) is 0.511. The van der Waals surface area contributed by atoms with Gasteiger partial charge in [-0.15, -0.1) is 20.4 Å². The maximum Gasteiger partial charge on any atom is 0.238 e. The number of hydrogen-bond donors (Lipinski definition) is 0. The largest absolute Gasteiger partial charge is 0.291 e. The Hall–Kier alpha value is -1.72. The van der Waals surface area contributed by atoms with Crippen LogP contribution in [0.1, 0.15) is 35.1 Å². The lowest BCUT2D eigenvalue weighted by Crippen LogP contribution is -2.11. The van der Waals surface area contributed by atoms with Crippen molar-refractivity contribution in [2.75, 3.05) is 0 Å². The molecule has 0 aliphatic rings. The number of nitrogens with zero attached hydrogens (tertiary/aromatic N) is 4. The first-order valence-corrected chi connectivity index (χ1v) is 3.20. The Balaban J connectivity index is 3.01. The van der Waals surface area contributed by atoms with Crippen LogP contribution in [0.5, 0.6) is 0 Å². The molecule has 0 aliphatic heterocycles. The lowest BCUT2D eigenvalue weighted by atomic mass is 10.4. The zero-order valence-electron chi connectivity index (χ0n) is 6.61. The average molecular weight is 166 g/mol. The van der Waals surface area contributed by atoms with Crippen LogP contribution < -0.4 is 0 Å². The molecule has 0 saturated heterocycles. The number of Topliss-reactive ketones (excluding diaryl/α,β-unsaturated/α-hetero) is 2. The van der Waals surface area contributed by atoms with Crippen LogP contribution in [-0.2, 0) is 0 Å². The van der Waals surface area contributed by atoms with Gasteiger partial charge in [0.15, 0.2) is 0 Å². The van der Waals surface area contributed by atoms with Crippen LogP contribution in [0.3, 0.4) is 0 Å². The molecule has 0 spiro atoms. The quantitative estimate of drug-likeness (QED) is 0.559. The molecule has 1 aromatic heterocycles. The van der Waals surface area contributed by atoms with Crippen molar-refractivity contribution in [2.45, 2.75) is 13.8 Å². The van der Waals surface area contributed by atoms with Crippen molar-refractivity contribution in [2.24, 2.45) is 0 Å². The van der Waals surface area contributed by atoms with Crippen LogP contribution in [0.2, 0.25) is 0 Å². The van der Waals surface area contributed by atoms with Gasteiger partial charge in [0.2, 0.25) is 23.2 Å². The summed E-state index contributed by atoms with van der Waals surface area (Å²) in [6.45, 7) is 2.60. The second-order valence-electron chi connectivity index (χ2n) is 2.16. The SMILES string of the molecule is CC(=O)c1nnc(C(C)=O)nn1. The van der Waals surface area contributed by atoms with E-state index in [-0.39, 0.29) is 23.2 Å². The highest BCUT2D eigenvalue weighted by Gasteiger charge is 2.07. The summed E-state index contributed by atoms with van der Waals surface area (Å²) in [6.07, 6.45) is 0. The van der Waals surface area contributed by atoms with Gasteiger partial charge < -0.3 is 0 Å². The number of ketones is 2. The molecule has 0 aliphatic carbocycles. The van der Waals surface area contributed by atoms with Crippen molar-refractivity contribution >= 4 is 11.6 Å². The predicted molar refractivity (Wildman–Crippen MR) is 37.6 cm³/mol. The summed E-state index contributed by atoms with van der Waals surface area (Å²) in [4.78, 5) is 21.3. The molecule has 0 unspecified atom stereocenters. The Labute approximate surface area is 68.0 Å². The third-order valence-electron chi connectivity index (χ3n) is 1.11. The molecule has 0 saturated carbocycles. The molecule has 1 heterocycles. The minimum Gasteiger partial charge on any atom is -0.291 e. The molecular weight excluding hydrogens is 160 g/mol. The summed E-state index contributed by atoms with van der Waals surface area (Å²) < 4.78 is 0. The highest BCUT2D eigenvalue weighted by Crippen LogP contribution is 1.88. The van der Waals surface area contributed by atoms with Gasteiger partial charge in [0.05, 0.1) is 0 Å². The van der Waals surface area contributed by atoms with E-state index in [1.165, 1.54) is 13.8 Å². The van der Waals surface area contributed by atoms with Gasteiger partial charge in [0.25, 0.3) is 0 Å². The van der Waals surface area contributed by atoms with Crippen molar-refractivity contribution in [3.05, 3.63) is 11.6 Å². The fourth-order valence-electron chi connectivity index (χ4n) is 0.511. The van der Waals surface area contributed by atoms with E-state index < -0.39 is 0 Å². The van der Waals surface area contributed by atoms with Crippen LogP contribution in [0.15, 0.2) is 0 Å². The zero-order chi connectivity index (χ0) is 9.14. The van der Waals surface area contributed by atoms with E-state index in [4.69, 9.17) is 0 Å². The Morgan fingerprint density at radius 2 is 1.08 bits per heavy atom. The molecule has 0 amide bonds. The molecule has 0 aromatic carbocycles. The van der Waals surface area contributed by atoms with Gasteiger partial charge in [-0.05, 0) is 0 Å². The van der Waals surface area contributed by atoms with E-state index in [9.17, 15) is 9.59 Å². The van der Waals surface area contributed by atoms with Gasteiger partial charge in [0, 0.05) is 13.8 Å². The molecule has 0 fully saturated rings. The molecule has 0 atom stereocenters. The van der Waals surface area contributed by atoms with Crippen molar-refractivity contribution in [3.8, 4) is 0 Å². The number of rotatable bonds is 2. The monoisotopic (exact) mass is 166 g/mol. The minimum atomic E-state index is -0.329. The molecule has 0 radical (unpaired) electrons. The minimum absolute atomic E-state index is 0.0833. The summed E-state index contributed by atoms with van der Waals surface area (Å²) in [6, 6.07) is 0. The van der Waals surface area contributed by atoms with Crippen molar-refractivity contribution in [3.63, 3.8) is 0 Å². The average Bonchev–Trinajstić information content (AvgIpc) is 2.04. The Morgan fingerprint density at radius 1 is 0.833 bits per heavy atom. The van der Waals surface area contributed by atoms with E-state index in [2.05, 4.69) is 20.4 Å². The van der Waals surface area contributed by atoms with Gasteiger partial charge in [-0.1, -0.05) is 0 Å². The Bertz CT molecular complexity index is 286. The standard InChI is InChI=1S/C6H6N4O2/c1-3(11)5-7-9-6(4(2)12)10-8-5/h1-2H3. The molecule has 6 nitrogen and oxygen atoms in total. The Kier molecular flexibility index (Phi) is 2.18. The molecular formula is C6H6N4O2. The molecule has 0 N–H and O–H groups in total. The van der Waals surface area contributed by atoms with Crippen LogP contribution >= 0.6 is 0 Å². The molecule has 12 heavy (non-hydrogen) atoms. The number of aromatic nitrogens is 4. The summed E-state index contributed by atoms with van der Waals surface area (Å²) in [5.74, 6) is -0.824. The van der Waals surface area contributed by atoms with Crippen LogP contribution in [0, 0.1) is 0 Å². The lowest BCUT2D eigenvalue weighted by molar-refractivity contribution is 0.0981. The first-order chi connectivity index (χ1) is 5.61. The maximum absolute atomic E-state index is 10.6. The van der Waals surface area contributed by atoms with Gasteiger partial charge in [-0.3, -0.25) is 9.59 Å². The zero-order valence-corrected chi connectivity index (χ0v) is 6.61. The third-order valence-corrected chi connectivity index (χ3v) is 1.11. The fraction of sp³-hybridized carbons (Fsp3) is 0.333. The lowest BCUT2D eigenvalue weighted by Gasteiger charge is -1.91. The molecule has 0 bridgehead atoms. The second kappa shape index (κ2) is 3.12. The summed E-state index contributed by atoms with van der Waals surface area (Å²) in [5, 5.41) is 13.6. The van der Waals surface area contributed by atoms with Crippen LogP contribution in [-0.4, -0.2) is 32.0 Å². The van der Waals surface area contributed by atoms with E-state index in [0.717, 1.165) is 0 Å². The van der Waals surface area contributed by atoms with Gasteiger partial charge in [-0.25, -0.2) is 0 Å². The van der Waals surface area contributed by atoms with E-state index in [1.807, 2.05) is 0 Å². The predicted octanol–water partition coefficient (Wildman–Crippen LogP) is -0.328. The first kappa shape index (κ1) is 8.38. The van der Waals surface area contributed by atoms with E-state index in [0.29, 0.717) is 0 Å². The summed E-state index contributed by atoms with van der Waals surface area (Å²) in [5.41, 5.74) is 0. The van der Waals surface area contributed by atoms with E-state index >= 15 is 0 Å². The molecule has 6 heteroatoms. The first-order valence-electron chi connectivity index (χ1n) is 3.20. The van der Waals surface area contributed by atoms with Crippen molar-refractivity contribution < 1.29 is 9.59 Å². The molecule has 1 aromatic rings. The van der Waals surface area contributed by atoms with Gasteiger partial charge in [-0.2, -0.15) is 0 Å². The Morgan fingerprint density at radius 3 is 1.25 bits per heavy atom. The summed E-state index contributed by atoms with van der Waals surface area (Å²) in [7, 11) is 0. The topological polar surface area (TPSA) is 85.7 Å². The second-order valence-corrected chi connectivity index (χ2v) is 2.16. The van der Waals surface area contributed by atoms with Crippen molar-refractivity contribution in [1.29, 1.82) is 0 Å². The normalized spacial score (nSPS) is 9.50. The number of carbonyl (C=O) groups excluding carboxylic acids is 2. The highest BCUT2D eigenvalue weighted by atomic mass is 16.1. The molecule has 1 rings (SSSR count).